The van der Waals surface area contributed by atoms with Crippen LogP contribution in [-0.2, 0) is 6.42 Å². The molecule has 2 aromatic heterocycles. The Labute approximate surface area is 139 Å². The van der Waals surface area contributed by atoms with Crippen LogP contribution in [0.2, 0.25) is 0 Å². The van der Waals surface area contributed by atoms with Crippen molar-refractivity contribution in [1.29, 1.82) is 0 Å². The monoisotopic (exact) mass is 399 g/mol. The average Bonchev–Trinajstić information content (AvgIpc) is 2.86. The van der Waals surface area contributed by atoms with Crippen molar-refractivity contribution in [2.24, 2.45) is 5.92 Å². The van der Waals surface area contributed by atoms with Crippen LogP contribution in [0.25, 0.3) is 11.6 Å². The molecule has 0 bridgehead atoms. The van der Waals surface area contributed by atoms with Crippen molar-refractivity contribution >= 4 is 28.4 Å². The van der Waals surface area contributed by atoms with Gasteiger partial charge in [-0.3, -0.25) is 0 Å². The number of rotatable bonds is 6. The highest BCUT2D eigenvalue weighted by atomic mass is 127. The first-order chi connectivity index (χ1) is 10.0. The van der Waals surface area contributed by atoms with E-state index in [1.54, 1.807) is 0 Å². The van der Waals surface area contributed by atoms with E-state index in [1.807, 2.05) is 19.1 Å². The van der Waals surface area contributed by atoms with Crippen molar-refractivity contribution in [1.82, 2.24) is 9.97 Å². The number of nitrogens with one attached hydrogen (secondary N) is 1. The zero-order valence-electron chi connectivity index (χ0n) is 13.0. The number of aromatic nitrogens is 2. The molecule has 5 heteroatoms. The van der Waals surface area contributed by atoms with Crippen LogP contribution in [0.3, 0.4) is 0 Å². The lowest BCUT2D eigenvalue weighted by Gasteiger charge is -2.13. The number of hydrogen-bond acceptors (Lipinski definition) is 4. The molecule has 0 aliphatic rings. The zero-order chi connectivity index (χ0) is 15.4. The predicted molar refractivity (Wildman–Crippen MR) is 94.5 cm³/mol. The van der Waals surface area contributed by atoms with Gasteiger partial charge < -0.3 is 9.73 Å². The molecule has 0 unspecified atom stereocenters. The Balaban J connectivity index is 2.44. The standard InChI is InChI=1S/C16H22IN3O/c1-5-8-18-16-14(17)12(9-10(2)3)19-15(20-16)13-7-6-11(4)21-13/h6-7,10H,5,8-9H2,1-4H3,(H,18,19,20). The molecular weight excluding hydrogens is 377 g/mol. The predicted octanol–water partition coefficient (Wildman–Crippen LogP) is 4.67. The maximum absolute atomic E-state index is 5.67. The first-order valence-corrected chi connectivity index (χ1v) is 8.46. The van der Waals surface area contributed by atoms with Gasteiger partial charge in [-0.25, -0.2) is 9.97 Å². The summed E-state index contributed by atoms with van der Waals surface area (Å²) in [7, 11) is 0. The molecule has 114 valence electrons. The van der Waals surface area contributed by atoms with Gasteiger partial charge in [-0.05, 0) is 60.4 Å². The highest BCUT2D eigenvalue weighted by Crippen LogP contribution is 2.26. The minimum absolute atomic E-state index is 0.554. The van der Waals surface area contributed by atoms with Crippen LogP contribution in [-0.4, -0.2) is 16.5 Å². The number of hydrogen-bond donors (Lipinski definition) is 1. The van der Waals surface area contributed by atoms with E-state index in [0.29, 0.717) is 11.7 Å². The van der Waals surface area contributed by atoms with E-state index in [-0.39, 0.29) is 0 Å². The van der Waals surface area contributed by atoms with E-state index in [4.69, 9.17) is 9.40 Å². The van der Waals surface area contributed by atoms with Gasteiger partial charge in [0.2, 0.25) is 0 Å². The van der Waals surface area contributed by atoms with Crippen LogP contribution >= 0.6 is 22.6 Å². The SMILES string of the molecule is CCCNc1nc(-c2ccc(C)o2)nc(CC(C)C)c1I. The van der Waals surface area contributed by atoms with Gasteiger partial charge in [-0.1, -0.05) is 20.8 Å². The lowest BCUT2D eigenvalue weighted by Crippen LogP contribution is -2.10. The van der Waals surface area contributed by atoms with E-state index in [2.05, 4.69) is 53.7 Å². The van der Waals surface area contributed by atoms with Gasteiger partial charge in [-0.15, -0.1) is 0 Å². The molecule has 2 aromatic rings. The third-order valence-electron chi connectivity index (χ3n) is 3.02. The molecule has 4 nitrogen and oxygen atoms in total. The molecular formula is C16H22IN3O. The Hall–Kier alpha value is -1.11. The number of aryl methyl sites for hydroxylation is 1. The van der Waals surface area contributed by atoms with Crippen molar-refractivity contribution in [3.05, 3.63) is 27.2 Å². The Morgan fingerprint density at radius 1 is 1.29 bits per heavy atom. The highest BCUT2D eigenvalue weighted by Gasteiger charge is 2.16. The maximum Gasteiger partial charge on any atom is 0.197 e. The first-order valence-electron chi connectivity index (χ1n) is 7.38. The summed E-state index contributed by atoms with van der Waals surface area (Å²) in [4.78, 5) is 9.35. The zero-order valence-corrected chi connectivity index (χ0v) is 15.2. The second-order valence-electron chi connectivity index (χ2n) is 5.59. The van der Waals surface area contributed by atoms with Crippen molar-refractivity contribution in [3.63, 3.8) is 0 Å². The highest BCUT2D eigenvalue weighted by molar-refractivity contribution is 14.1. The van der Waals surface area contributed by atoms with Crippen LogP contribution in [0.4, 0.5) is 5.82 Å². The molecule has 1 N–H and O–H groups in total. The number of furan rings is 1. The van der Waals surface area contributed by atoms with Crippen molar-refractivity contribution in [2.75, 3.05) is 11.9 Å². The fourth-order valence-corrected chi connectivity index (χ4v) is 2.69. The van der Waals surface area contributed by atoms with Gasteiger partial charge in [0.15, 0.2) is 11.6 Å². The fourth-order valence-electron chi connectivity index (χ4n) is 2.04. The quantitative estimate of drug-likeness (QED) is 0.718. The summed E-state index contributed by atoms with van der Waals surface area (Å²) in [6, 6.07) is 3.87. The Morgan fingerprint density at radius 3 is 2.62 bits per heavy atom. The van der Waals surface area contributed by atoms with Crippen LogP contribution in [0.5, 0.6) is 0 Å². The third-order valence-corrected chi connectivity index (χ3v) is 4.16. The minimum Gasteiger partial charge on any atom is -0.458 e. The van der Waals surface area contributed by atoms with Crippen LogP contribution in [0, 0.1) is 16.4 Å². The minimum atomic E-state index is 0.554. The molecule has 0 saturated heterocycles. The number of nitrogens with zero attached hydrogens (tertiary/aromatic N) is 2. The van der Waals surface area contributed by atoms with Crippen LogP contribution in [0.15, 0.2) is 16.5 Å². The first kappa shape index (κ1) is 16.3. The summed E-state index contributed by atoms with van der Waals surface area (Å²) < 4.78 is 6.79. The summed E-state index contributed by atoms with van der Waals surface area (Å²) in [5, 5.41) is 3.39. The third kappa shape index (κ3) is 4.18. The van der Waals surface area contributed by atoms with E-state index in [9.17, 15) is 0 Å². The van der Waals surface area contributed by atoms with E-state index in [1.165, 1.54) is 0 Å². The van der Waals surface area contributed by atoms with Crippen molar-refractivity contribution in [3.8, 4) is 11.6 Å². The fraction of sp³-hybridized carbons (Fsp3) is 0.500. The molecule has 0 saturated carbocycles. The lowest BCUT2D eigenvalue weighted by molar-refractivity contribution is 0.542. The molecule has 0 aromatic carbocycles. The molecule has 0 aliphatic carbocycles. The molecule has 0 atom stereocenters. The van der Waals surface area contributed by atoms with E-state index < -0.39 is 0 Å². The summed E-state index contributed by atoms with van der Waals surface area (Å²) in [6.07, 6.45) is 2.00. The van der Waals surface area contributed by atoms with Gasteiger partial charge in [0, 0.05) is 6.54 Å². The van der Waals surface area contributed by atoms with Gasteiger partial charge in [0.05, 0.1) is 9.26 Å². The van der Waals surface area contributed by atoms with E-state index >= 15 is 0 Å². The second-order valence-corrected chi connectivity index (χ2v) is 6.67. The summed E-state index contributed by atoms with van der Waals surface area (Å²) >= 11 is 2.34. The van der Waals surface area contributed by atoms with Gasteiger partial charge in [0.25, 0.3) is 0 Å². The topological polar surface area (TPSA) is 51.0 Å². The molecule has 0 amide bonds. The number of halogens is 1. The lowest BCUT2D eigenvalue weighted by atomic mass is 10.1. The molecule has 2 rings (SSSR count). The van der Waals surface area contributed by atoms with Gasteiger partial charge >= 0.3 is 0 Å². The second kappa shape index (κ2) is 7.24. The van der Waals surface area contributed by atoms with Crippen LogP contribution in [0.1, 0.15) is 38.6 Å². The van der Waals surface area contributed by atoms with Crippen molar-refractivity contribution in [2.45, 2.75) is 40.5 Å². The summed E-state index contributed by atoms with van der Waals surface area (Å²) in [5.74, 6) is 3.73. The Bertz CT molecular complexity index is 608. The van der Waals surface area contributed by atoms with Crippen molar-refractivity contribution < 1.29 is 4.42 Å². The Morgan fingerprint density at radius 2 is 2.05 bits per heavy atom. The molecule has 0 fully saturated rings. The molecule has 2 heterocycles. The summed E-state index contributed by atoms with van der Waals surface area (Å²) in [5.41, 5.74) is 1.09. The largest absolute Gasteiger partial charge is 0.458 e. The van der Waals surface area contributed by atoms with Gasteiger partial charge in [-0.2, -0.15) is 0 Å². The number of anilines is 1. The van der Waals surface area contributed by atoms with E-state index in [0.717, 1.165) is 46.0 Å². The molecule has 21 heavy (non-hydrogen) atoms. The average molecular weight is 399 g/mol. The smallest absolute Gasteiger partial charge is 0.197 e. The Kier molecular flexibility index (Phi) is 5.61. The van der Waals surface area contributed by atoms with Crippen LogP contribution < -0.4 is 5.32 Å². The molecule has 0 aliphatic heterocycles. The maximum atomic E-state index is 5.67. The van der Waals surface area contributed by atoms with Gasteiger partial charge in [0.1, 0.15) is 11.6 Å². The molecule has 0 radical (unpaired) electrons. The normalized spacial score (nSPS) is 11.1. The summed E-state index contributed by atoms with van der Waals surface area (Å²) in [6.45, 7) is 9.39. The molecule has 0 spiro atoms.